The maximum absolute atomic E-state index is 11.7. The highest BCUT2D eigenvalue weighted by Gasteiger charge is 2.06. The number of aryl methyl sites for hydroxylation is 1. The van der Waals surface area contributed by atoms with E-state index in [4.69, 9.17) is 11.6 Å². The molecule has 1 amide bonds. The molecule has 7 heteroatoms. The van der Waals surface area contributed by atoms with Crippen LogP contribution in [0.3, 0.4) is 0 Å². The second kappa shape index (κ2) is 7.31. The minimum absolute atomic E-state index is 0.000381. The lowest BCUT2D eigenvalue weighted by atomic mass is 10.2. The zero-order chi connectivity index (χ0) is 14.4. The Bertz CT molecular complexity index is 587. The molecule has 106 valence electrons. The van der Waals surface area contributed by atoms with Crippen molar-refractivity contribution in [2.45, 2.75) is 18.1 Å². The third-order valence-corrected chi connectivity index (χ3v) is 4.07. The molecule has 0 aliphatic carbocycles. The van der Waals surface area contributed by atoms with E-state index in [9.17, 15) is 4.79 Å². The minimum Gasteiger partial charge on any atom is -0.352 e. The fraction of sp³-hybridized carbons (Fsp3) is 0.308. The number of benzene rings is 1. The molecule has 1 N–H and O–H groups in total. The first-order valence-electron chi connectivity index (χ1n) is 6.13. The molecule has 0 fully saturated rings. The van der Waals surface area contributed by atoms with Gasteiger partial charge >= 0.3 is 0 Å². The third kappa shape index (κ3) is 4.25. The van der Waals surface area contributed by atoms with Gasteiger partial charge in [0.25, 0.3) is 0 Å². The number of hydrogen-bond acceptors (Lipinski definition) is 4. The van der Waals surface area contributed by atoms with Crippen LogP contribution >= 0.6 is 23.4 Å². The number of nitrogens with one attached hydrogen (secondary N) is 1. The Morgan fingerprint density at radius 2 is 2.25 bits per heavy atom. The van der Waals surface area contributed by atoms with Gasteiger partial charge in [-0.1, -0.05) is 41.6 Å². The summed E-state index contributed by atoms with van der Waals surface area (Å²) in [6.45, 7) is 0.452. The van der Waals surface area contributed by atoms with E-state index in [1.807, 2.05) is 35.9 Å². The molecule has 1 heterocycles. The number of hydrogen-bond donors (Lipinski definition) is 1. The molecule has 0 unspecified atom stereocenters. The van der Waals surface area contributed by atoms with E-state index in [2.05, 4.69) is 15.5 Å². The Labute approximate surface area is 126 Å². The first-order chi connectivity index (χ1) is 9.66. The molecular weight excluding hydrogens is 296 g/mol. The van der Waals surface area contributed by atoms with E-state index in [0.29, 0.717) is 23.7 Å². The van der Waals surface area contributed by atoms with Crippen molar-refractivity contribution in [3.05, 3.63) is 41.2 Å². The third-order valence-electron chi connectivity index (χ3n) is 2.66. The van der Waals surface area contributed by atoms with Crippen LogP contribution in [0.1, 0.15) is 12.0 Å². The average Bonchev–Trinajstić information content (AvgIpc) is 2.84. The van der Waals surface area contributed by atoms with E-state index in [1.165, 1.54) is 11.8 Å². The van der Waals surface area contributed by atoms with E-state index in [-0.39, 0.29) is 5.91 Å². The summed E-state index contributed by atoms with van der Waals surface area (Å²) in [7, 11) is 1.87. The van der Waals surface area contributed by atoms with Gasteiger partial charge in [-0.2, -0.15) is 0 Å². The zero-order valence-corrected chi connectivity index (χ0v) is 12.6. The summed E-state index contributed by atoms with van der Waals surface area (Å²) >= 11 is 7.53. The van der Waals surface area contributed by atoms with Gasteiger partial charge in [0, 0.05) is 30.8 Å². The van der Waals surface area contributed by atoms with Crippen molar-refractivity contribution in [3.63, 3.8) is 0 Å². The molecule has 0 saturated heterocycles. The van der Waals surface area contributed by atoms with Crippen LogP contribution in [0.4, 0.5) is 0 Å². The summed E-state index contributed by atoms with van der Waals surface area (Å²) in [5.41, 5.74) is 0.920. The Balaban J connectivity index is 1.71. The lowest BCUT2D eigenvalue weighted by molar-refractivity contribution is -0.120. The monoisotopic (exact) mass is 310 g/mol. The standard InChI is InChI=1S/C13H15ClN4OS/c1-18-9-16-17-13(18)20-7-6-12(19)15-8-10-4-2-3-5-11(10)14/h2-5,9H,6-8H2,1H3,(H,15,19). The van der Waals surface area contributed by atoms with Crippen molar-refractivity contribution in [1.82, 2.24) is 20.1 Å². The number of carbonyl (C=O) groups is 1. The SMILES string of the molecule is Cn1cnnc1SCCC(=O)NCc1ccccc1Cl. The number of thioether (sulfide) groups is 1. The molecule has 0 radical (unpaired) electrons. The summed E-state index contributed by atoms with van der Waals surface area (Å²) in [6, 6.07) is 7.48. The van der Waals surface area contributed by atoms with Gasteiger partial charge < -0.3 is 9.88 Å². The smallest absolute Gasteiger partial charge is 0.221 e. The van der Waals surface area contributed by atoms with Crippen molar-refractivity contribution in [1.29, 1.82) is 0 Å². The van der Waals surface area contributed by atoms with Crippen LogP contribution in [0.15, 0.2) is 35.7 Å². The summed E-state index contributed by atoms with van der Waals surface area (Å²) in [5, 5.41) is 12.1. The van der Waals surface area contributed by atoms with Crippen molar-refractivity contribution in [3.8, 4) is 0 Å². The van der Waals surface area contributed by atoms with E-state index >= 15 is 0 Å². The highest BCUT2D eigenvalue weighted by atomic mass is 35.5. The van der Waals surface area contributed by atoms with Gasteiger partial charge in [0.15, 0.2) is 5.16 Å². The van der Waals surface area contributed by atoms with Gasteiger partial charge in [-0.3, -0.25) is 4.79 Å². The Morgan fingerprint density at radius 1 is 1.45 bits per heavy atom. The molecule has 20 heavy (non-hydrogen) atoms. The molecule has 1 aromatic carbocycles. The van der Waals surface area contributed by atoms with Crippen LogP contribution in [0, 0.1) is 0 Å². The molecular formula is C13H15ClN4OS. The predicted octanol–water partition coefficient (Wildman–Crippen LogP) is 2.27. The number of amides is 1. The molecule has 2 rings (SSSR count). The fourth-order valence-electron chi connectivity index (χ4n) is 1.56. The number of carbonyl (C=O) groups excluding carboxylic acids is 1. The highest BCUT2D eigenvalue weighted by molar-refractivity contribution is 7.99. The van der Waals surface area contributed by atoms with Crippen molar-refractivity contribution in [2.75, 3.05) is 5.75 Å². The van der Waals surface area contributed by atoms with Crippen LogP contribution < -0.4 is 5.32 Å². The molecule has 0 atom stereocenters. The first-order valence-corrected chi connectivity index (χ1v) is 7.50. The number of halogens is 1. The van der Waals surface area contributed by atoms with E-state index in [0.717, 1.165) is 10.7 Å². The average molecular weight is 311 g/mol. The molecule has 0 saturated carbocycles. The predicted molar refractivity (Wildman–Crippen MR) is 79.6 cm³/mol. The summed E-state index contributed by atoms with van der Waals surface area (Å²) in [4.78, 5) is 11.7. The molecule has 0 bridgehead atoms. The molecule has 2 aromatic rings. The van der Waals surface area contributed by atoms with Crippen LogP contribution in [0.5, 0.6) is 0 Å². The van der Waals surface area contributed by atoms with E-state index < -0.39 is 0 Å². The highest BCUT2D eigenvalue weighted by Crippen LogP contribution is 2.15. The molecule has 0 spiro atoms. The zero-order valence-electron chi connectivity index (χ0n) is 11.0. The summed E-state index contributed by atoms with van der Waals surface area (Å²) in [5.74, 6) is 0.667. The fourth-order valence-corrected chi connectivity index (χ4v) is 2.59. The largest absolute Gasteiger partial charge is 0.352 e. The summed E-state index contributed by atoms with van der Waals surface area (Å²) in [6.07, 6.45) is 2.07. The normalized spacial score (nSPS) is 10.5. The second-order valence-electron chi connectivity index (χ2n) is 4.19. The van der Waals surface area contributed by atoms with Crippen LogP contribution in [-0.4, -0.2) is 26.4 Å². The van der Waals surface area contributed by atoms with Gasteiger partial charge in [0.1, 0.15) is 6.33 Å². The lowest BCUT2D eigenvalue weighted by Gasteiger charge is -2.06. The Kier molecular flexibility index (Phi) is 5.43. The first kappa shape index (κ1) is 14.9. The minimum atomic E-state index is -0.000381. The van der Waals surface area contributed by atoms with Crippen LogP contribution in [-0.2, 0) is 18.4 Å². The van der Waals surface area contributed by atoms with Crippen LogP contribution in [0.2, 0.25) is 5.02 Å². The van der Waals surface area contributed by atoms with Gasteiger partial charge in [-0.15, -0.1) is 10.2 Å². The Morgan fingerprint density at radius 3 is 2.95 bits per heavy atom. The van der Waals surface area contributed by atoms with Gasteiger partial charge in [-0.05, 0) is 11.6 Å². The molecule has 0 aliphatic rings. The quantitative estimate of drug-likeness (QED) is 0.832. The number of aromatic nitrogens is 3. The summed E-state index contributed by atoms with van der Waals surface area (Å²) < 4.78 is 1.83. The maximum Gasteiger partial charge on any atom is 0.221 e. The molecule has 0 aliphatic heterocycles. The second-order valence-corrected chi connectivity index (χ2v) is 5.66. The van der Waals surface area contributed by atoms with Gasteiger partial charge in [-0.25, -0.2) is 0 Å². The van der Waals surface area contributed by atoms with Crippen molar-refractivity contribution >= 4 is 29.3 Å². The topological polar surface area (TPSA) is 59.8 Å². The molecule has 5 nitrogen and oxygen atoms in total. The van der Waals surface area contributed by atoms with Crippen molar-refractivity contribution < 1.29 is 4.79 Å². The lowest BCUT2D eigenvalue weighted by Crippen LogP contribution is -2.23. The Hall–Kier alpha value is -1.53. The number of rotatable bonds is 6. The maximum atomic E-state index is 11.7. The number of nitrogens with zero attached hydrogens (tertiary/aromatic N) is 3. The van der Waals surface area contributed by atoms with Crippen molar-refractivity contribution in [2.24, 2.45) is 7.05 Å². The molecule has 1 aromatic heterocycles. The van der Waals surface area contributed by atoms with Gasteiger partial charge in [0.05, 0.1) is 0 Å². The van der Waals surface area contributed by atoms with Crippen LogP contribution in [0.25, 0.3) is 0 Å². The van der Waals surface area contributed by atoms with E-state index in [1.54, 1.807) is 6.33 Å². The van der Waals surface area contributed by atoms with Gasteiger partial charge in [0.2, 0.25) is 5.91 Å².